The number of benzene rings is 1. The van der Waals surface area contributed by atoms with Gasteiger partial charge in [0.15, 0.2) is 0 Å². The van der Waals surface area contributed by atoms with Crippen LogP contribution in [0.3, 0.4) is 0 Å². The number of oxime groups is 1. The van der Waals surface area contributed by atoms with Crippen LogP contribution in [0.2, 0.25) is 0 Å². The van der Waals surface area contributed by atoms with Gasteiger partial charge in [-0.3, -0.25) is 4.79 Å². The van der Waals surface area contributed by atoms with Crippen LogP contribution in [0.1, 0.15) is 51.6 Å². The molecule has 0 unspecified atom stereocenters. The van der Waals surface area contributed by atoms with E-state index >= 15 is 0 Å². The van der Waals surface area contributed by atoms with Crippen LogP contribution in [-0.2, 0) is 22.5 Å². The number of anilines is 1. The molecule has 1 heterocycles. The number of amides is 1. The highest BCUT2D eigenvalue weighted by atomic mass is 32.1. The Kier molecular flexibility index (Phi) is 6.25. The van der Waals surface area contributed by atoms with Crippen LogP contribution in [0.4, 0.5) is 5.13 Å². The molecule has 1 aromatic heterocycles. The lowest BCUT2D eigenvalue weighted by atomic mass is 10.1. The summed E-state index contributed by atoms with van der Waals surface area (Å²) in [5.74, 6) is 0.629. The molecule has 0 radical (unpaired) electrons. The summed E-state index contributed by atoms with van der Waals surface area (Å²) in [4.78, 5) is 21.9. The molecule has 0 saturated carbocycles. The molecule has 1 amide bonds. The van der Waals surface area contributed by atoms with Gasteiger partial charge in [-0.1, -0.05) is 30.3 Å². The molecular weight excluding hydrogens is 336 g/mol. The molecule has 25 heavy (non-hydrogen) atoms. The fourth-order valence-corrected chi connectivity index (χ4v) is 2.63. The van der Waals surface area contributed by atoms with Crippen LogP contribution >= 0.6 is 11.5 Å². The Morgan fingerprint density at radius 1 is 1.36 bits per heavy atom. The van der Waals surface area contributed by atoms with Crippen molar-refractivity contribution >= 4 is 28.3 Å². The first kappa shape index (κ1) is 19.1. The predicted molar refractivity (Wildman–Crippen MR) is 101 cm³/mol. The van der Waals surface area contributed by atoms with Gasteiger partial charge in [0.25, 0.3) is 0 Å². The second-order valence-corrected chi connectivity index (χ2v) is 7.43. The number of carbonyl (C=O) groups excluding carboxylic acids is 1. The van der Waals surface area contributed by atoms with Crippen molar-refractivity contribution in [2.75, 3.05) is 5.32 Å². The van der Waals surface area contributed by atoms with Gasteiger partial charge in [0.1, 0.15) is 11.4 Å². The van der Waals surface area contributed by atoms with Gasteiger partial charge in [-0.05, 0) is 44.9 Å². The standard InChI is InChI=1S/C18H24N4O2S/c1-6-15-19-17(25-22-15)20-16(23)11-13-8-7-9-14(10-13)12(2)21-24-18(3,4)5/h7-10H,6,11H2,1-5H3,(H,19,20,22,23)/b21-12+. The van der Waals surface area contributed by atoms with Crippen LogP contribution in [0.15, 0.2) is 29.4 Å². The highest BCUT2D eigenvalue weighted by Crippen LogP contribution is 2.14. The van der Waals surface area contributed by atoms with E-state index in [2.05, 4.69) is 19.8 Å². The van der Waals surface area contributed by atoms with Gasteiger partial charge in [-0.25, -0.2) is 4.98 Å². The van der Waals surface area contributed by atoms with E-state index in [0.717, 1.165) is 29.1 Å². The van der Waals surface area contributed by atoms with Crippen LogP contribution in [0.25, 0.3) is 0 Å². The van der Waals surface area contributed by atoms with E-state index < -0.39 is 0 Å². The molecule has 0 bridgehead atoms. The van der Waals surface area contributed by atoms with E-state index in [1.165, 1.54) is 11.5 Å². The topological polar surface area (TPSA) is 76.5 Å². The second-order valence-electron chi connectivity index (χ2n) is 6.67. The van der Waals surface area contributed by atoms with Gasteiger partial charge < -0.3 is 10.2 Å². The van der Waals surface area contributed by atoms with E-state index in [1.54, 1.807) is 0 Å². The Hall–Kier alpha value is -2.28. The lowest BCUT2D eigenvalue weighted by Crippen LogP contribution is -2.17. The second kappa shape index (κ2) is 8.20. The van der Waals surface area contributed by atoms with Crippen molar-refractivity contribution in [3.05, 3.63) is 41.2 Å². The number of hydrogen-bond donors (Lipinski definition) is 1. The first-order valence-electron chi connectivity index (χ1n) is 8.21. The average molecular weight is 360 g/mol. The zero-order valence-electron chi connectivity index (χ0n) is 15.3. The number of nitrogens with zero attached hydrogens (tertiary/aromatic N) is 3. The van der Waals surface area contributed by atoms with Crippen molar-refractivity contribution in [1.29, 1.82) is 0 Å². The molecule has 0 spiro atoms. The first-order chi connectivity index (χ1) is 11.8. The summed E-state index contributed by atoms with van der Waals surface area (Å²) >= 11 is 1.20. The molecule has 2 aromatic rings. The molecule has 0 aliphatic rings. The van der Waals surface area contributed by atoms with Crippen LogP contribution in [-0.4, -0.2) is 26.6 Å². The normalized spacial score (nSPS) is 12.1. The number of rotatable bonds is 6. The Balaban J connectivity index is 2.01. The van der Waals surface area contributed by atoms with E-state index in [0.29, 0.717) is 5.13 Å². The molecule has 6 nitrogen and oxygen atoms in total. The number of hydrogen-bond acceptors (Lipinski definition) is 6. The summed E-state index contributed by atoms with van der Waals surface area (Å²) in [6, 6.07) is 7.72. The van der Waals surface area contributed by atoms with Gasteiger partial charge >= 0.3 is 0 Å². The molecule has 7 heteroatoms. The Morgan fingerprint density at radius 2 is 2.12 bits per heavy atom. The zero-order chi connectivity index (χ0) is 18.4. The number of aryl methyl sites for hydroxylation is 1. The summed E-state index contributed by atoms with van der Waals surface area (Å²) in [5, 5.41) is 7.49. The summed E-state index contributed by atoms with van der Waals surface area (Å²) in [6.07, 6.45) is 1.02. The molecule has 1 aromatic carbocycles. The molecule has 1 N–H and O–H groups in total. The summed E-state index contributed by atoms with van der Waals surface area (Å²) in [5.41, 5.74) is 2.27. The van der Waals surface area contributed by atoms with Crippen molar-refractivity contribution in [3.63, 3.8) is 0 Å². The highest BCUT2D eigenvalue weighted by molar-refractivity contribution is 7.09. The third kappa shape index (κ3) is 6.26. The third-order valence-electron chi connectivity index (χ3n) is 3.20. The molecule has 0 fully saturated rings. The molecule has 134 valence electrons. The Bertz CT molecular complexity index is 762. The minimum Gasteiger partial charge on any atom is -0.390 e. The van der Waals surface area contributed by atoms with Gasteiger partial charge in [-0.2, -0.15) is 4.37 Å². The van der Waals surface area contributed by atoms with E-state index in [1.807, 2.05) is 58.9 Å². The molecule has 0 saturated heterocycles. The molecule has 2 rings (SSSR count). The minimum absolute atomic E-state index is 0.114. The number of nitrogens with one attached hydrogen (secondary N) is 1. The van der Waals surface area contributed by atoms with Crippen molar-refractivity contribution in [1.82, 2.24) is 9.36 Å². The largest absolute Gasteiger partial charge is 0.390 e. The van der Waals surface area contributed by atoms with Crippen LogP contribution < -0.4 is 5.32 Å². The van der Waals surface area contributed by atoms with E-state index in [4.69, 9.17) is 4.84 Å². The van der Waals surface area contributed by atoms with Gasteiger partial charge in [0, 0.05) is 18.0 Å². The Morgan fingerprint density at radius 3 is 2.76 bits per heavy atom. The summed E-state index contributed by atoms with van der Waals surface area (Å²) in [7, 11) is 0. The van der Waals surface area contributed by atoms with Crippen LogP contribution in [0.5, 0.6) is 0 Å². The van der Waals surface area contributed by atoms with Crippen molar-refractivity contribution in [2.45, 2.75) is 53.1 Å². The van der Waals surface area contributed by atoms with E-state index in [-0.39, 0.29) is 17.9 Å². The quantitative estimate of drug-likeness (QED) is 0.627. The maximum absolute atomic E-state index is 12.2. The maximum Gasteiger partial charge on any atom is 0.230 e. The third-order valence-corrected chi connectivity index (χ3v) is 3.86. The fourth-order valence-electron chi connectivity index (χ4n) is 1.96. The van der Waals surface area contributed by atoms with Crippen molar-refractivity contribution < 1.29 is 9.63 Å². The van der Waals surface area contributed by atoms with Gasteiger partial charge in [-0.15, -0.1) is 0 Å². The molecular formula is C18H24N4O2S. The van der Waals surface area contributed by atoms with Crippen molar-refractivity contribution in [3.8, 4) is 0 Å². The lowest BCUT2D eigenvalue weighted by molar-refractivity contribution is -0.115. The minimum atomic E-state index is -0.335. The maximum atomic E-state index is 12.2. The monoisotopic (exact) mass is 360 g/mol. The zero-order valence-corrected chi connectivity index (χ0v) is 16.1. The molecule has 0 aliphatic heterocycles. The summed E-state index contributed by atoms with van der Waals surface area (Å²) < 4.78 is 4.16. The number of aromatic nitrogens is 2. The SMILES string of the molecule is CCc1nsc(NC(=O)Cc2cccc(/C(C)=N/OC(C)(C)C)c2)n1. The summed E-state index contributed by atoms with van der Waals surface area (Å²) in [6.45, 7) is 9.71. The molecule has 0 aliphatic carbocycles. The van der Waals surface area contributed by atoms with E-state index in [9.17, 15) is 4.79 Å². The molecule has 0 atom stereocenters. The van der Waals surface area contributed by atoms with Gasteiger partial charge in [0.05, 0.1) is 12.1 Å². The lowest BCUT2D eigenvalue weighted by Gasteiger charge is -2.16. The highest BCUT2D eigenvalue weighted by Gasteiger charge is 2.12. The number of carbonyl (C=O) groups is 1. The van der Waals surface area contributed by atoms with Crippen molar-refractivity contribution in [2.24, 2.45) is 5.16 Å². The predicted octanol–water partition coefficient (Wildman–Crippen LogP) is 3.82. The smallest absolute Gasteiger partial charge is 0.230 e. The first-order valence-corrected chi connectivity index (χ1v) is 8.98. The Labute approximate surface area is 152 Å². The van der Waals surface area contributed by atoms with Crippen LogP contribution in [0, 0.1) is 0 Å². The fraction of sp³-hybridized carbons (Fsp3) is 0.444. The van der Waals surface area contributed by atoms with Gasteiger partial charge in [0.2, 0.25) is 11.0 Å². The average Bonchev–Trinajstić information content (AvgIpc) is 2.99.